The standard InChI is InChI=1S/C16H26N2.C15H24N2.C13H20N2.2C12H18N2/c1-6-16(7-2,8-3)15(4,5)18-13-14-11-9-10-12-17-14;1-12(13-9-7-8-10-16-13)17-15(5,6)11-14(2,3)4;1-12(2,3)13(4,5)15-10-11-8-6-7-9-14-11;1-10(2)12(3,4)14-9-11-7-5-6-8-13-11;1-5-12(3,4)14-10(2)11-8-6-7-9-13-11/h9-13H,6-8H2,1-5H3;7-10H,11H2,1-6H3;6-10H,1-5H3;5-10H,1-4H3;6-9H,5H2,1-4H3. The molecule has 5 aromatic rings. The summed E-state index contributed by atoms with van der Waals surface area (Å²) in [6.07, 6.45) is 20.2. The highest BCUT2D eigenvalue weighted by Crippen LogP contribution is 2.43. The number of hydrogen-bond acceptors (Lipinski definition) is 10. The molecular weight excluding hydrogens is 957 g/mol. The van der Waals surface area contributed by atoms with Crippen LogP contribution in [0.25, 0.3) is 0 Å². The zero-order chi connectivity index (χ0) is 59.5. The quantitative estimate of drug-likeness (QED) is 0.0857. The van der Waals surface area contributed by atoms with Crippen molar-refractivity contribution in [1.82, 2.24) is 24.9 Å². The Bertz CT molecular complexity index is 2530. The van der Waals surface area contributed by atoms with Gasteiger partial charge in [-0.1, -0.05) is 113 Å². The van der Waals surface area contributed by atoms with Crippen LogP contribution in [0.5, 0.6) is 0 Å². The van der Waals surface area contributed by atoms with Crippen molar-refractivity contribution < 1.29 is 0 Å². The normalized spacial score (nSPS) is 13.2. The van der Waals surface area contributed by atoms with E-state index in [1.54, 1.807) is 24.8 Å². The molecule has 428 valence electrons. The van der Waals surface area contributed by atoms with Crippen molar-refractivity contribution in [3.8, 4) is 0 Å². The molecule has 10 nitrogen and oxygen atoms in total. The van der Waals surface area contributed by atoms with Gasteiger partial charge in [-0.15, -0.1) is 0 Å². The van der Waals surface area contributed by atoms with Crippen LogP contribution < -0.4 is 0 Å². The van der Waals surface area contributed by atoms with Crippen LogP contribution in [0, 0.1) is 22.2 Å². The van der Waals surface area contributed by atoms with Gasteiger partial charge in [0.2, 0.25) is 0 Å². The van der Waals surface area contributed by atoms with Gasteiger partial charge in [0.15, 0.2) is 0 Å². The van der Waals surface area contributed by atoms with E-state index >= 15 is 0 Å². The fourth-order valence-electron chi connectivity index (χ4n) is 8.16. The molecule has 0 atom stereocenters. The molecule has 0 spiro atoms. The van der Waals surface area contributed by atoms with Crippen LogP contribution in [0.15, 0.2) is 147 Å². The maximum Gasteiger partial charge on any atom is 0.0837 e. The Morgan fingerprint density at radius 3 is 1.04 bits per heavy atom. The monoisotopic (exact) mass is 1060 g/mol. The predicted octanol–water partition coefficient (Wildman–Crippen LogP) is 17.9. The minimum absolute atomic E-state index is 0.0155. The Balaban J connectivity index is 0.000000489. The zero-order valence-electron chi connectivity index (χ0n) is 53.4. The molecule has 5 heterocycles. The molecule has 0 bridgehead atoms. The average molecular weight is 1060 g/mol. The molecule has 0 unspecified atom stereocenters. The van der Waals surface area contributed by atoms with E-state index in [0.29, 0.717) is 5.92 Å². The average Bonchev–Trinajstić information content (AvgIpc) is 3.38. The smallest absolute Gasteiger partial charge is 0.0837 e. The Morgan fingerprint density at radius 2 is 0.756 bits per heavy atom. The fourth-order valence-corrected chi connectivity index (χ4v) is 8.16. The van der Waals surface area contributed by atoms with Gasteiger partial charge in [0, 0.05) is 49.6 Å². The van der Waals surface area contributed by atoms with Gasteiger partial charge in [-0.3, -0.25) is 49.9 Å². The number of pyridine rings is 5. The summed E-state index contributed by atoms with van der Waals surface area (Å²) in [5.74, 6) is 0.530. The molecule has 5 rings (SSSR count). The van der Waals surface area contributed by atoms with Crippen LogP contribution in [-0.4, -0.2) is 82.7 Å². The first kappa shape index (κ1) is 70.1. The highest BCUT2D eigenvalue weighted by atomic mass is 14.9. The minimum Gasteiger partial charge on any atom is -0.285 e. The van der Waals surface area contributed by atoms with E-state index < -0.39 is 0 Å². The maximum atomic E-state index is 4.82. The number of hydrogen-bond donors (Lipinski definition) is 0. The lowest BCUT2D eigenvalue weighted by molar-refractivity contribution is 0.130. The van der Waals surface area contributed by atoms with E-state index in [4.69, 9.17) is 9.98 Å². The second kappa shape index (κ2) is 32.2. The van der Waals surface area contributed by atoms with E-state index in [0.717, 1.165) is 72.0 Å². The van der Waals surface area contributed by atoms with Crippen LogP contribution in [0.2, 0.25) is 0 Å². The Kier molecular flexibility index (Phi) is 29.0. The van der Waals surface area contributed by atoms with Crippen molar-refractivity contribution in [3.63, 3.8) is 0 Å². The lowest BCUT2D eigenvalue weighted by atomic mass is 9.66. The van der Waals surface area contributed by atoms with Crippen LogP contribution in [0.3, 0.4) is 0 Å². The first-order valence-electron chi connectivity index (χ1n) is 28.5. The summed E-state index contributed by atoms with van der Waals surface area (Å²) in [4.78, 5) is 44.7. The van der Waals surface area contributed by atoms with Gasteiger partial charge in [-0.25, -0.2) is 0 Å². The van der Waals surface area contributed by atoms with Crippen molar-refractivity contribution in [2.75, 3.05) is 0 Å². The molecular formula is C68H106N10. The summed E-state index contributed by atoms with van der Waals surface area (Å²) >= 11 is 0. The summed E-state index contributed by atoms with van der Waals surface area (Å²) in [5, 5.41) is 0. The molecule has 0 saturated carbocycles. The van der Waals surface area contributed by atoms with E-state index in [2.05, 4.69) is 192 Å². The first-order chi connectivity index (χ1) is 36.1. The lowest BCUT2D eigenvalue weighted by Crippen LogP contribution is -2.41. The molecule has 0 N–H and O–H groups in total. The summed E-state index contributed by atoms with van der Waals surface area (Å²) < 4.78 is 0. The van der Waals surface area contributed by atoms with Gasteiger partial charge in [0.05, 0.1) is 67.6 Å². The fraction of sp³-hybridized carbons (Fsp3) is 0.559. The number of rotatable bonds is 17. The molecule has 0 aliphatic heterocycles. The summed E-state index contributed by atoms with van der Waals surface area (Å²) in [6, 6.07) is 29.4. The van der Waals surface area contributed by atoms with E-state index in [1.807, 2.05) is 130 Å². The zero-order valence-corrected chi connectivity index (χ0v) is 53.4. The van der Waals surface area contributed by atoms with Crippen LogP contribution >= 0.6 is 0 Å². The van der Waals surface area contributed by atoms with Crippen molar-refractivity contribution >= 4 is 30.1 Å². The highest BCUT2D eigenvalue weighted by molar-refractivity contribution is 5.97. The SMILES string of the molecule is CC(=NC(C)(C)CC(C)(C)C)c1ccccn1.CC(C)(C)C(C)(C)N=Cc1ccccn1.CC(C)C(C)(C)N=Cc1ccccn1.CCC(C)(C)N=C(C)c1ccccn1.CCC(CC)(CC)C(C)(C)N=Cc1ccccn1. The first-order valence-corrected chi connectivity index (χ1v) is 28.5. The second-order valence-electron chi connectivity index (χ2n) is 25.6. The van der Waals surface area contributed by atoms with Gasteiger partial charge in [-0.05, 0) is 198 Å². The van der Waals surface area contributed by atoms with Crippen LogP contribution in [0.4, 0.5) is 0 Å². The molecule has 0 saturated heterocycles. The molecule has 0 aliphatic rings. The van der Waals surface area contributed by atoms with Gasteiger partial charge >= 0.3 is 0 Å². The van der Waals surface area contributed by atoms with Crippen LogP contribution in [-0.2, 0) is 0 Å². The topological polar surface area (TPSA) is 126 Å². The number of aromatic nitrogens is 5. The lowest BCUT2D eigenvalue weighted by Gasteiger charge is -2.43. The second-order valence-corrected chi connectivity index (χ2v) is 25.6. The van der Waals surface area contributed by atoms with Crippen molar-refractivity contribution in [2.24, 2.45) is 47.1 Å². The Labute approximate surface area is 476 Å². The molecule has 0 aliphatic carbocycles. The molecule has 0 fully saturated rings. The van der Waals surface area contributed by atoms with E-state index in [-0.39, 0.29) is 43.9 Å². The highest BCUT2D eigenvalue weighted by Gasteiger charge is 2.40. The maximum absolute atomic E-state index is 4.82. The largest absolute Gasteiger partial charge is 0.285 e. The van der Waals surface area contributed by atoms with E-state index in [9.17, 15) is 0 Å². The molecule has 0 amide bonds. The summed E-state index contributed by atoms with van der Waals surface area (Å²) in [7, 11) is 0. The van der Waals surface area contributed by atoms with Crippen molar-refractivity contribution in [3.05, 3.63) is 150 Å². The Hall–Kier alpha value is -5.90. The van der Waals surface area contributed by atoms with Gasteiger partial charge in [0.25, 0.3) is 0 Å². The molecule has 0 aromatic carbocycles. The third kappa shape index (κ3) is 26.6. The molecule has 0 radical (unpaired) electrons. The van der Waals surface area contributed by atoms with Gasteiger partial charge in [-0.2, -0.15) is 0 Å². The van der Waals surface area contributed by atoms with E-state index in [1.165, 1.54) is 0 Å². The van der Waals surface area contributed by atoms with Gasteiger partial charge in [0.1, 0.15) is 0 Å². The number of aliphatic imine (C=N–C) groups is 5. The molecule has 78 heavy (non-hydrogen) atoms. The Morgan fingerprint density at radius 1 is 0.423 bits per heavy atom. The van der Waals surface area contributed by atoms with Crippen LogP contribution in [0.1, 0.15) is 227 Å². The van der Waals surface area contributed by atoms with Crippen molar-refractivity contribution in [2.45, 2.75) is 226 Å². The molecule has 10 heteroatoms. The summed E-state index contributed by atoms with van der Waals surface area (Å²) in [6.45, 7) is 52.4. The minimum atomic E-state index is -0.0788. The number of nitrogens with zero attached hydrogens (tertiary/aromatic N) is 10. The van der Waals surface area contributed by atoms with Gasteiger partial charge < -0.3 is 0 Å². The predicted molar refractivity (Wildman–Crippen MR) is 341 cm³/mol. The van der Waals surface area contributed by atoms with Crippen molar-refractivity contribution in [1.29, 1.82) is 0 Å². The third-order valence-electron chi connectivity index (χ3n) is 15.0. The summed E-state index contributed by atoms with van der Waals surface area (Å²) in [5.41, 5.74) is 7.26. The third-order valence-corrected chi connectivity index (χ3v) is 15.0. The molecule has 5 aromatic heterocycles.